The predicted octanol–water partition coefficient (Wildman–Crippen LogP) is 3.29. The average molecular weight is 246 g/mol. The van der Waals surface area contributed by atoms with Gasteiger partial charge in [0.2, 0.25) is 5.91 Å². The highest BCUT2D eigenvalue weighted by atomic mass is 35.5. The first kappa shape index (κ1) is 13.8. The Balaban J connectivity index is 2.72. The molecule has 0 spiro atoms. The molecule has 1 amide bonds. The lowest BCUT2D eigenvalue weighted by atomic mass is 9.77. The number of hydrogen-bond acceptors (Lipinski definition) is 1. The van der Waals surface area contributed by atoms with Crippen LogP contribution in [0.1, 0.15) is 46.0 Å². The minimum absolute atomic E-state index is 0.0744. The second-order valence-electron chi connectivity index (χ2n) is 5.50. The molecule has 0 atom stereocenters. The Morgan fingerprint density at radius 2 is 1.94 bits per heavy atom. The van der Waals surface area contributed by atoms with E-state index in [0.29, 0.717) is 24.2 Å². The maximum atomic E-state index is 12.5. The van der Waals surface area contributed by atoms with E-state index in [2.05, 4.69) is 13.8 Å². The van der Waals surface area contributed by atoms with Crippen molar-refractivity contribution in [2.24, 2.45) is 11.3 Å². The number of hydrogen-bond donors (Lipinski definition) is 0. The molecule has 3 heteroatoms. The predicted molar refractivity (Wildman–Crippen MR) is 68.7 cm³/mol. The van der Waals surface area contributed by atoms with E-state index in [9.17, 15) is 4.79 Å². The fourth-order valence-electron chi connectivity index (χ4n) is 2.97. The molecule has 0 N–H and O–H groups in total. The molecular weight excluding hydrogens is 222 g/mol. The van der Waals surface area contributed by atoms with Gasteiger partial charge in [0, 0.05) is 24.9 Å². The van der Waals surface area contributed by atoms with Crippen molar-refractivity contribution in [2.75, 3.05) is 19.5 Å². The fraction of sp³-hybridized carbons (Fsp3) is 0.923. The smallest absolute Gasteiger partial charge is 0.228 e. The SMILES string of the molecule is CC(C)CC1(C(=O)N(C)CCCl)CCCC1. The van der Waals surface area contributed by atoms with E-state index in [1.165, 1.54) is 12.8 Å². The Hall–Kier alpha value is -0.240. The molecule has 2 nitrogen and oxygen atoms in total. The molecule has 1 aliphatic carbocycles. The summed E-state index contributed by atoms with van der Waals surface area (Å²) in [4.78, 5) is 14.3. The Labute approximate surface area is 104 Å². The van der Waals surface area contributed by atoms with Gasteiger partial charge >= 0.3 is 0 Å². The molecular formula is C13H24ClNO. The van der Waals surface area contributed by atoms with Gasteiger partial charge in [-0.1, -0.05) is 26.7 Å². The zero-order valence-corrected chi connectivity index (χ0v) is 11.5. The molecule has 1 rings (SSSR count). The van der Waals surface area contributed by atoms with Gasteiger partial charge in [-0.15, -0.1) is 11.6 Å². The van der Waals surface area contributed by atoms with Crippen molar-refractivity contribution < 1.29 is 4.79 Å². The number of rotatable bonds is 5. The van der Waals surface area contributed by atoms with Gasteiger partial charge in [0.25, 0.3) is 0 Å². The number of carbonyl (C=O) groups is 1. The maximum absolute atomic E-state index is 12.5. The van der Waals surface area contributed by atoms with Gasteiger partial charge in [-0.05, 0) is 25.2 Å². The van der Waals surface area contributed by atoms with Gasteiger partial charge in [0.15, 0.2) is 0 Å². The number of halogens is 1. The van der Waals surface area contributed by atoms with Crippen LogP contribution in [0, 0.1) is 11.3 Å². The molecule has 0 heterocycles. The summed E-state index contributed by atoms with van der Waals surface area (Å²) in [6.45, 7) is 5.07. The van der Waals surface area contributed by atoms with E-state index < -0.39 is 0 Å². The summed E-state index contributed by atoms with van der Waals surface area (Å²) in [6, 6.07) is 0. The molecule has 0 aliphatic heterocycles. The highest BCUT2D eigenvalue weighted by molar-refractivity contribution is 6.18. The average Bonchev–Trinajstić information content (AvgIpc) is 2.65. The van der Waals surface area contributed by atoms with Crippen molar-refractivity contribution in [1.29, 1.82) is 0 Å². The van der Waals surface area contributed by atoms with E-state index in [1.807, 2.05) is 11.9 Å². The van der Waals surface area contributed by atoms with Crippen molar-refractivity contribution in [1.82, 2.24) is 4.90 Å². The van der Waals surface area contributed by atoms with E-state index >= 15 is 0 Å². The number of alkyl halides is 1. The third-order valence-corrected chi connectivity index (χ3v) is 3.75. The molecule has 0 aromatic heterocycles. The van der Waals surface area contributed by atoms with Crippen LogP contribution in [0.3, 0.4) is 0 Å². The summed E-state index contributed by atoms with van der Waals surface area (Å²) in [5.74, 6) is 1.44. The summed E-state index contributed by atoms with van der Waals surface area (Å²) in [7, 11) is 1.88. The lowest BCUT2D eigenvalue weighted by Crippen LogP contribution is -2.42. The van der Waals surface area contributed by atoms with Crippen molar-refractivity contribution in [2.45, 2.75) is 46.0 Å². The molecule has 0 aromatic rings. The first-order valence-electron chi connectivity index (χ1n) is 6.33. The quantitative estimate of drug-likeness (QED) is 0.681. The lowest BCUT2D eigenvalue weighted by molar-refractivity contribution is -0.141. The molecule has 0 aromatic carbocycles. The van der Waals surface area contributed by atoms with Crippen LogP contribution < -0.4 is 0 Å². The Morgan fingerprint density at radius 1 is 1.38 bits per heavy atom. The van der Waals surface area contributed by atoms with Gasteiger partial charge in [-0.2, -0.15) is 0 Å². The van der Waals surface area contributed by atoms with Gasteiger partial charge in [0.1, 0.15) is 0 Å². The molecule has 1 aliphatic rings. The van der Waals surface area contributed by atoms with Gasteiger partial charge in [-0.3, -0.25) is 4.79 Å². The summed E-state index contributed by atoms with van der Waals surface area (Å²) < 4.78 is 0. The third-order valence-electron chi connectivity index (χ3n) is 3.58. The molecule has 94 valence electrons. The Kier molecular flexibility index (Phi) is 5.10. The van der Waals surface area contributed by atoms with Crippen molar-refractivity contribution in [3.63, 3.8) is 0 Å². The van der Waals surface area contributed by atoms with Crippen LogP contribution in [0.2, 0.25) is 0 Å². The summed E-state index contributed by atoms with van der Waals surface area (Å²) in [6.07, 6.45) is 5.56. The monoisotopic (exact) mass is 245 g/mol. The van der Waals surface area contributed by atoms with E-state index in [1.54, 1.807) is 0 Å². The molecule has 1 saturated carbocycles. The first-order chi connectivity index (χ1) is 7.52. The number of carbonyl (C=O) groups excluding carboxylic acids is 1. The number of amides is 1. The van der Waals surface area contributed by atoms with Crippen LogP contribution in [0.5, 0.6) is 0 Å². The zero-order valence-electron chi connectivity index (χ0n) is 10.8. The van der Waals surface area contributed by atoms with Crippen LogP contribution in [-0.4, -0.2) is 30.3 Å². The van der Waals surface area contributed by atoms with Crippen molar-refractivity contribution >= 4 is 17.5 Å². The van der Waals surface area contributed by atoms with Crippen LogP contribution in [-0.2, 0) is 4.79 Å². The van der Waals surface area contributed by atoms with Crippen LogP contribution in [0.15, 0.2) is 0 Å². The molecule has 0 bridgehead atoms. The van der Waals surface area contributed by atoms with Crippen LogP contribution in [0.25, 0.3) is 0 Å². The molecule has 16 heavy (non-hydrogen) atoms. The lowest BCUT2D eigenvalue weighted by Gasteiger charge is -2.33. The highest BCUT2D eigenvalue weighted by Gasteiger charge is 2.42. The first-order valence-corrected chi connectivity index (χ1v) is 6.87. The van der Waals surface area contributed by atoms with Gasteiger partial charge in [0.05, 0.1) is 0 Å². The van der Waals surface area contributed by atoms with E-state index in [-0.39, 0.29) is 5.41 Å². The zero-order chi connectivity index (χ0) is 12.2. The highest BCUT2D eigenvalue weighted by Crippen LogP contribution is 2.44. The standard InChI is InChI=1S/C13H24ClNO/c1-11(2)10-13(6-4-5-7-13)12(16)15(3)9-8-14/h11H,4-10H2,1-3H3. The normalized spacial score (nSPS) is 19.1. The van der Waals surface area contributed by atoms with Crippen molar-refractivity contribution in [3.05, 3.63) is 0 Å². The van der Waals surface area contributed by atoms with Gasteiger partial charge < -0.3 is 4.90 Å². The summed E-state index contributed by atoms with van der Waals surface area (Å²) in [5, 5.41) is 0. The van der Waals surface area contributed by atoms with E-state index in [0.717, 1.165) is 19.3 Å². The largest absolute Gasteiger partial charge is 0.344 e. The summed E-state index contributed by atoms with van der Waals surface area (Å²) >= 11 is 5.70. The van der Waals surface area contributed by atoms with Crippen LogP contribution in [0.4, 0.5) is 0 Å². The van der Waals surface area contributed by atoms with Gasteiger partial charge in [-0.25, -0.2) is 0 Å². The van der Waals surface area contributed by atoms with Crippen molar-refractivity contribution in [3.8, 4) is 0 Å². The van der Waals surface area contributed by atoms with E-state index in [4.69, 9.17) is 11.6 Å². The molecule has 1 fully saturated rings. The number of nitrogens with zero attached hydrogens (tertiary/aromatic N) is 1. The Morgan fingerprint density at radius 3 is 2.38 bits per heavy atom. The maximum Gasteiger partial charge on any atom is 0.228 e. The molecule has 0 radical (unpaired) electrons. The Bertz CT molecular complexity index is 234. The fourth-order valence-corrected chi connectivity index (χ4v) is 3.23. The molecule has 0 unspecified atom stereocenters. The third kappa shape index (κ3) is 3.13. The summed E-state index contributed by atoms with van der Waals surface area (Å²) in [5.41, 5.74) is -0.0744. The molecule has 0 saturated heterocycles. The minimum Gasteiger partial charge on any atom is -0.344 e. The minimum atomic E-state index is -0.0744. The second-order valence-corrected chi connectivity index (χ2v) is 5.88. The van der Waals surface area contributed by atoms with Crippen LogP contribution >= 0.6 is 11.6 Å². The topological polar surface area (TPSA) is 20.3 Å². The second kappa shape index (κ2) is 5.90.